The van der Waals surface area contributed by atoms with Crippen molar-refractivity contribution in [3.63, 3.8) is 0 Å². The molecule has 0 unspecified atom stereocenters. The van der Waals surface area contributed by atoms with E-state index in [-0.39, 0.29) is 0 Å². The average molecular weight is 428 g/mol. The maximum Gasteiger partial charge on any atom is 0.416 e. The number of hydrogen-bond acceptors (Lipinski definition) is 6. The van der Waals surface area contributed by atoms with Crippen LogP contribution in [0.15, 0.2) is 67.0 Å². The Balaban J connectivity index is 1.65. The number of alkyl halides is 3. The Kier molecular flexibility index (Phi) is 5.37. The van der Waals surface area contributed by atoms with Crippen molar-refractivity contribution < 1.29 is 17.9 Å². The summed E-state index contributed by atoms with van der Waals surface area (Å²) in [6.45, 7) is 0. The Labute approximate surface area is 174 Å². The molecule has 0 saturated carbocycles. The summed E-state index contributed by atoms with van der Waals surface area (Å²) in [5, 5.41) is 12.5. The van der Waals surface area contributed by atoms with Crippen LogP contribution in [0, 0.1) is 0 Å². The first-order valence-corrected chi connectivity index (χ1v) is 9.63. The van der Waals surface area contributed by atoms with Crippen molar-refractivity contribution in [1.29, 1.82) is 0 Å². The monoisotopic (exact) mass is 428 g/mol. The van der Waals surface area contributed by atoms with E-state index in [9.17, 15) is 13.2 Å². The Bertz CT molecular complexity index is 1150. The highest BCUT2D eigenvalue weighted by atomic mass is 32.1. The van der Waals surface area contributed by atoms with Crippen molar-refractivity contribution in [1.82, 2.24) is 15.2 Å². The van der Waals surface area contributed by atoms with Crippen LogP contribution in [0.2, 0.25) is 0 Å². The first-order chi connectivity index (χ1) is 14.5. The van der Waals surface area contributed by atoms with Crippen LogP contribution in [0.1, 0.15) is 5.56 Å². The van der Waals surface area contributed by atoms with Crippen LogP contribution in [0.3, 0.4) is 0 Å². The number of hydrogen-bond donors (Lipinski definition) is 1. The van der Waals surface area contributed by atoms with E-state index in [1.165, 1.54) is 23.5 Å². The lowest BCUT2D eigenvalue weighted by molar-refractivity contribution is -0.137. The van der Waals surface area contributed by atoms with Gasteiger partial charge in [-0.2, -0.15) is 13.2 Å². The zero-order valence-corrected chi connectivity index (χ0v) is 16.5. The number of halogens is 3. The SMILES string of the molecule is COc1cccc(-c2nnc(Nc3ccc(C(F)(F)F)cc3)s2)c1-c1ccncc1. The van der Waals surface area contributed by atoms with Gasteiger partial charge in [0.15, 0.2) is 0 Å². The molecule has 152 valence electrons. The van der Waals surface area contributed by atoms with Gasteiger partial charge in [0.1, 0.15) is 10.8 Å². The maximum atomic E-state index is 12.7. The molecule has 2 heterocycles. The lowest BCUT2D eigenvalue weighted by Crippen LogP contribution is -2.04. The summed E-state index contributed by atoms with van der Waals surface area (Å²) in [5.74, 6) is 0.686. The predicted octanol–water partition coefficient (Wildman–Crippen LogP) is 6.04. The van der Waals surface area contributed by atoms with Crippen molar-refractivity contribution in [2.24, 2.45) is 0 Å². The number of aromatic nitrogens is 3. The van der Waals surface area contributed by atoms with Gasteiger partial charge in [-0.25, -0.2) is 0 Å². The summed E-state index contributed by atoms with van der Waals surface area (Å²) in [6.07, 6.45) is -0.976. The van der Waals surface area contributed by atoms with Crippen molar-refractivity contribution >= 4 is 22.2 Å². The highest BCUT2D eigenvalue weighted by Gasteiger charge is 2.30. The maximum absolute atomic E-state index is 12.7. The highest BCUT2D eigenvalue weighted by molar-refractivity contribution is 7.18. The van der Waals surface area contributed by atoms with E-state index >= 15 is 0 Å². The lowest BCUT2D eigenvalue weighted by atomic mass is 10.00. The molecule has 4 aromatic rings. The van der Waals surface area contributed by atoms with Crippen LogP contribution in [0.4, 0.5) is 24.0 Å². The van der Waals surface area contributed by atoms with Gasteiger partial charge >= 0.3 is 6.18 Å². The van der Waals surface area contributed by atoms with Crippen molar-refractivity contribution in [2.45, 2.75) is 6.18 Å². The number of methoxy groups -OCH3 is 1. The molecule has 9 heteroatoms. The molecule has 0 atom stereocenters. The number of anilines is 2. The normalized spacial score (nSPS) is 11.3. The Morgan fingerprint density at radius 3 is 2.33 bits per heavy atom. The molecule has 0 fully saturated rings. The second-order valence-electron chi connectivity index (χ2n) is 6.23. The van der Waals surface area contributed by atoms with Gasteiger partial charge in [-0.3, -0.25) is 4.98 Å². The molecule has 0 aliphatic carbocycles. The Morgan fingerprint density at radius 2 is 1.67 bits per heavy atom. The van der Waals surface area contributed by atoms with Crippen LogP contribution in [0.5, 0.6) is 5.75 Å². The molecule has 0 spiro atoms. The molecule has 0 aliphatic rings. The minimum absolute atomic E-state index is 0.466. The summed E-state index contributed by atoms with van der Waals surface area (Å²) < 4.78 is 43.7. The Morgan fingerprint density at radius 1 is 0.933 bits per heavy atom. The summed E-state index contributed by atoms with van der Waals surface area (Å²) in [6, 6.07) is 14.2. The quantitative estimate of drug-likeness (QED) is 0.420. The van der Waals surface area contributed by atoms with E-state index in [4.69, 9.17) is 4.74 Å². The molecule has 0 saturated heterocycles. The van der Waals surface area contributed by atoms with E-state index in [0.29, 0.717) is 21.6 Å². The van der Waals surface area contributed by atoms with E-state index in [0.717, 1.165) is 28.8 Å². The molecule has 4 rings (SSSR count). The number of ether oxygens (including phenoxy) is 1. The van der Waals surface area contributed by atoms with Gasteiger partial charge in [-0.05, 0) is 48.0 Å². The number of nitrogens with one attached hydrogen (secondary N) is 1. The minimum atomic E-state index is -4.37. The molecule has 0 amide bonds. The second kappa shape index (κ2) is 8.11. The van der Waals surface area contributed by atoms with Gasteiger partial charge in [0.05, 0.1) is 12.7 Å². The molecule has 1 N–H and O–H groups in total. The minimum Gasteiger partial charge on any atom is -0.496 e. The fraction of sp³-hybridized carbons (Fsp3) is 0.0952. The molecule has 5 nitrogen and oxygen atoms in total. The highest BCUT2D eigenvalue weighted by Crippen LogP contribution is 2.41. The van der Waals surface area contributed by atoms with Crippen LogP contribution >= 0.6 is 11.3 Å². The smallest absolute Gasteiger partial charge is 0.416 e. The molecule has 0 radical (unpaired) electrons. The third-order valence-corrected chi connectivity index (χ3v) is 5.21. The fourth-order valence-corrected chi connectivity index (χ4v) is 3.74. The zero-order valence-electron chi connectivity index (χ0n) is 15.6. The van der Waals surface area contributed by atoms with E-state index in [1.54, 1.807) is 19.5 Å². The molecule has 0 aliphatic heterocycles. The summed E-state index contributed by atoms with van der Waals surface area (Å²) in [7, 11) is 1.60. The number of pyridine rings is 1. The lowest BCUT2D eigenvalue weighted by Gasteiger charge is -2.12. The zero-order chi connectivity index (χ0) is 21.1. The summed E-state index contributed by atoms with van der Waals surface area (Å²) in [5.41, 5.74) is 2.40. The summed E-state index contributed by atoms with van der Waals surface area (Å²) in [4.78, 5) is 4.05. The summed E-state index contributed by atoms with van der Waals surface area (Å²) >= 11 is 1.29. The van der Waals surface area contributed by atoms with Gasteiger partial charge in [0, 0.05) is 29.2 Å². The average Bonchev–Trinajstić information content (AvgIpc) is 3.22. The van der Waals surface area contributed by atoms with Crippen LogP contribution < -0.4 is 10.1 Å². The first kappa shape index (κ1) is 19.8. The molecule has 0 bridgehead atoms. The van der Waals surface area contributed by atoms with Gasteiger partial charge in [0.2, 0.25) is 5.13 Å². The van der Waals surface area contributed by atoms with Gasteiger partial charge in [-0.15, -0.1) is 10.2 Å². The van der Waals surface area contributed by atoms with E-state index in [1.807, 2.05) is 30.3 Å². The second-order valence-corrected chi connectivity index (χ2v) is 7.21. The van der Waals surface area contributed by atoms with Crippen molar-refractivity contribution in [3.8, 4) is 27.4 Å². The van der Waals surface area contributed by atoms with Crippen LogP contribution in [0.25, 0.3) is 21.7 Å². The standard InChI is InChI=1S/C21H15F3N4OS/c1-29-17-4-2-3-16(18(17)13-9-11-25-12-10-13)19-27-28-20(30-19)26-15-7-5-14(6-8-15)21(22,23)24/h2-12H,1H3,(H,26,28). The molecule has 2 aromatic carbocycles. The van der Waals surface area contributed by atoms with Crippen molar-refractivity contribution in [3.05, 3.63) is 72.6 Å². The Hall–Kier alpha value is -3.46. The van der Waals surface area contributed by atoms with Gasteiger partial charge in [-0.1, -0.05) is 23.5 Å². The first-order valence-electron chi connectivity index (χ1n) is 8.81. The third-order valence-electron chi connectivity index (χ3n) is 4.33. The van der Waals surface area contributed by atoms with Crippen LogP contribution in [-0.2, 0) is 6.18 Å². The molecule has 2 aromatic heterocycles. The van der Waals surface area contributed by atoms with Gasteiger partial charge in [0.25, 0.3) is 0 Å². The number of nitrogens with zero attached hydrogens (tertiary/aromatic N) is 3. The van der Waals surface area contributed by atoms with Crippen LogP contribution in [-0.4, -0.2) is 22.3 Å². The topological polar surface area (TPSA) is 59.9 Å². The third kappa shape index (κ3) is 4.11. The molecule has 30 heavy (non-hydrogen) atoms. The molecular formula is C21H15F3N4OS. The number of rotatable bonds is 5. The molecular weight excluding hydrogens is 413 g/mol. The fourth-order valence-electron chi connectivity index (χ4n) is 2.94. The van der Waals surface area contributed by atoms with E-state index < -0.39 is 11.7 Å². The van der Waals surface area contributed by atoms with E-state index in [2.05, 4.69) is 20.5 Å². The number of benzene rings is 2. The largest absolute Gasteiger partial charge is 0.496 e. The van der Waals surface area contributed by atoms with Gasteiger partial charge < -0.3 is 10.1 Å². The van der Waals surface area contributed by atoms with Crippen molar-refractivity contribution in [2.75, 3.05) is 12.4 Å². The predicted molar refractivity (Wildman–Crippen MR) is 110 cm³/mol.